The van der Waals surface area contributed by atoms with E-state index in [0.717, 1.165) is 43.3 Å². The van der Waals surface area contributed by atoms with Crippen molar-refractivity contribution in [2.75, 3.05) is 19.8 Å². The molecule has 16 heterocycles. The molecule has 0 saturated carbocycles. The van der Waals surface area contributed by atoms with Crippen LogP contribution in [0.1, 0.15) is 137 Å². The Labute approximate surface area is 463 Å². The van der Waals surface area contributed by atoms with Crippen LogP contribution in [0, 0.1) is 23.7 Å². The summed E-state index contributed by atoms with van der Waals surface area (Å²) in [5.41, 5.74) is 2.13. The van der Waals surface area contributed by atoms with E-state index < -0.39 is 48.2 Å². The summed E-state index contributed by atoms with van der Waals surface area (Å²) in [7, 11) is 0. The molecule has 16 aliphatic rings. The normalized spacial score (nSPS) is 55.1. The average molecular weight is 1110 g/mol. The van der Waals surface area contributed by atoms with Crippen molar-refractivity contribution in [3.63, 3.8) is 0 Å². The van der Waals surface area contributed by atoms with Crippen LogP contribution in [0.4, 0.5) is 0 Å². The maximum Gasteiger partial charge on any atom is 0.308 e. The van der Waals surface area contributed by atoms with Crippen LogP contribution in [-0.4, -0.2) is 200 Å². The summed E-state index contributed by atoms with van der Waals surface area (Å²) in [6.45, 7) is 18.4. The monoisotopic (exact) mass is 1110 g/mol. The summed E-state index contributed by atoms with van der Waals surface area (Å²) in [5, 5.41) is 20.4. The van der Waals surface area contributed by atoms with Crippen molar-refractivity contribution >= 4 is 11.8 Å². The lowest BCUT2D eigenvalue weighted by atomic mass is 9.78. The number of esters is 1. The van der Waals surface area contributed by atoms with Crippen molar-refractivity contribution in [1.29, 1.82) is 0 Å². The third-order valence-corrected chi connectivity index (χ3v) is 21.2. The largest absolute Gasteiger partial charge is 0.459 e. The zero-order valence-corrected chi connectivity index (χ0v) is 46.6. The van der Waals surface area contributed by atoms with E-state index in [0.29, 0.717) is 71.0 Å². The predicted octanol–water partition coefficient (Wildman–Crippen LogP) is 5.03. The molecule has 19 nitrogen and oxygen atoms in total. The van der Waals surface area contributed by atoms with Crippen molar-refractivity contribution in [2.45, 2.75) is 295 Å². The molecule has 16 saturated heterocycles. The third kappa shape index (κ3) is 10.2. The van der Waals surface area contributed by atoms with Crippen LogP contribution in [0.3, 0.4) is 0 Å². The molecule has 2 spiro atoms. The third-order valence-electron chi connectivity index (χ3n) is 21.2. The molecule has 2 N–H and O–H groups in total. The molecule has 16 rings (SSSR count). The van der Waals surface area contributed by atoms with Crippen molar-refractivity contribution in [1.82, 2.24) is 0 Å². The van der Waals surface area contributed by atoms with E-state index in [-0.39, 0.29) is 171 Å². The number of rotatable bonds is 4. The lowest BCUT2D eigenvalue weighted by molar-refractivity contribution is -0.371. The molecule has 79 heavy (non-hydrogen) atoms. The number of aliphatic hydroxyl groups excluding tert-OH is 2. The molecular formula is C60H86O19. The highest BCUT2D eigenvalue weighted by atomic mass is 16.8. The first-order chi connectivity index (χ1) is 38.1. The number of carbonyl (C=O) groups excluding carboxylic acids is 2. The second-order valence-electron chi connectivity index (χ2n) is 26.8. The van der Waals surface area contributed by atoms with Gasteiger partial charge in [0.1, 0.15) is 48.5 Å². The van der Waals surface area contributed by atoms with Gasteiger partial charge in [-0.1, -0.05) is 40.9 Å². The van der Waals surface area contributed by atoms with Gasteiger partial charge in [-0.05, 0) is 73.8 Å². The van der Waals surface area contributed by atoms with Crippen LogP contribution < -0.4 is 0 Å². The Bertz CT molecular complexity index is 2300. The van der Waals surface area contributed by atoms with Gasteiger partial charge in [-0.3, -0.25) is 9.59 Å². The first kappa shape index (κ1) is 54.9. The highest BCUT2D eigenvalue weighted by Gasteiger charge is 2.66. The lowest BCUT2D eigenvalue weighted by Gasteiger charge is -2.54. The summed E-state index contributed by atoms with van der Waals surface area (Å²) in [5.74, 6) is -2.22. The fourth-order valence-corrected chi connectivity index (χ4v) is 17.4. The van der Waals surface area contributed by atoms with Crippen molar-refractivity contribution < 1.29 is 90.9 Å². The minimum Gasteiger partial charge on any atom is -0.459 e. The molecule has 0 aliphatic carbocycles. The fourth-order valence-electron chi connectivity index (χ4n) is 17.4. The van der Waals surface area contributed by atoms with Crippen molar-refractivity contribution in [3.05, 3.63) is 24.3 Å². The maximum atomic E-state index is 14.5. The quantitative estimate of drug-likeness (QED) is 0.279. The van der Waals surface area contributed by atoms with Crippen LogP contribution in [-0.2, 0) is 80.6 Å². The van der Waals surface area contributed by atoms with Crippen molar-refractivity contribution in [3.8, 4) is 0 Å². The van der Waals surface area contributed by atoms with Gasteiger partial charge >= 0.3 is 5.97 Å². The predicted molar refractivity (Wildman–Crippen MR) is 275 cm³/mol. The van der Waals surface area contributed by atoms with E-state index in [1.807, 2.05) is 0 Å². The Balaban J connectivity index is 0.674. The molecule has 0 aromatic rings. The van der Waals surface area contributed by atoms with Crippen LogP contribution in [0.25, 0.3) is 0 Å². The topological polar surface area (TPSA) is 213 Å². The van der Waals surface area contributed by atoms with E-state index in [2.05, 4.69) is 40.9 Å². The molecule has 11 bridgehead atoms. The van der Waals surface area contributed by atoms with E-state index >= 15 is 0 Å². The van der Waals surface area contributed by atoms with Gasteiger partial charge in [0, 0.05) is 76.9 Å². The van der Waals surface area contributed by atoms with Gasteiger partial charge < -0.3 is 81.3 Å². The Morgan fingerprint density at radius 2 is 1.27 bits per heavy atom. The zero-order chi connectivity index (χ0) is 54.2. The summed E-state index contributed by atoms with van der Waals surface area (Å²) >= 11 is 0. The number of hydrogen-bond acceptors (Lipinski definition) is 19. The van der Waals surface area contributed by atoms with Gasteiger partial charge in [0.15, 0.2) is 11.6 Å². The van der Waals surface area contributed by atoms with Crippen LogP contribution in [0.5, 0.6) is 0 Å². The minimum absolute atomic E-state index is 0.0215. The smallest absolute Gasteiger partial charge is 0.308 e. The fraction of sp³-hybridized carbons (Fsp3) is 0.900. The highest BCUT2D eigenvalue weighted by Crippen LogP contribution is 2.56. The van der Waals surface area contributed by atoms with E-state index in [9.17, 15) is 19.8 Å². The summed E-state index contributed by atoms with van der Waals surface area (Å²) < 4.78 is 102. The first-order valence-corrected chi connectivity index (χ1v) is 30.6. The number of ketones is 1. The van der Waals surface area contributed by atoms with Gasteiger partial charge in [-0.15, -0.1) is 0 Å². The summed E-state index contributed by atoms with van der Waals surface area (Å²) in [6, 6.07) is 0. The van der Waals surface area contributed by atoms with Crippen LogP contribution >= 0.6 is 0 Å². The van der Waals surface area contributed by atoms with Crippen LogP contribution in [0.2, 0.25) is 0 Å². The average Bonchev–Trinajstić information content (AvgIpc) is 4.19. The molecular weight excluding hydrogens is 1020 g/mol. The maximum absolute atomic E-state index is 14.5. The standard InChI is InChI=1S/C60H86O19/c1-27-15-34-7-9-38-28(2)16-36(67-38)12-14-65-54-48-26-66-56-55-39(71-57(54)58(56)74-48)10-8-35(69-55)18-49(64)75-53-32(6)52-44(70-43(53)20-40(68-34)31(27)5)21-42-46(73-52)24-60(76-42)25-47-51(79-60)30(4)23-59(78-47)22-29(3)50-45(77-59)19-37(63)41(72-50)17-33(62)11-13-61/h27,29-30,32,34-48,50-58,61,63H,2,5,7-26H2,1,3-4,6H3/t27-,29+,30+,32+,34+,35-,36+,37-,38+,39+,40-,41-,42-,43+,44+,45+,46-,47+,48?,50+,51+,52+,53-,54-,55+,56+,57+,58+,59-,60+/m1/s1. The molecule has 0 amide bonds. The van der Waals surface area contributed by atoms with Gasteiger partial charge in [0.2, 0.25) is 0 Å². The second-order valence-corrected chi connectivity index (χ2v) is 26.8. The minimum atomic E-state index is -0.938. The van der Waals surface area contributed by atoms with E-state index in [4.69, 9.17) is 71.1 Å². The SMILES string of the molecule is C=C1C[C@@H]2CCO[C@@H]3C4CO[C@@H]5[C@H](O4)[C@H]3O[C@H]3CC[C@H](CC(=O)O[C@@H]4[C@@H](C)[C@@H]6O[C@@H]7C[C@]8(C[C@@H]9O[C@]%10(C[C@H](C)[C@@H]%11O[C@H](CC(=O)CCO)[C@H](O)C[C@@H]%11O%10)C[C@H](C)[C@@H]9O8)O[C@@H]7C[C@@H]6O[C@H]4C[C@H]4O[C@@H](CC[C@@H]1O2)C[C@@H](C)C4=C)O[C@H]53. The van der Waals surface area contributed by atoms with Crippen molar-refractivity contribution in [2.24, 2.45) is 23.7 Å². The van der Waals surface area contributed by atoms with Gasteiger partial charge in [-0.25, -0.2) is 0 Å². The summed E-state index contributed by atoms with van der Waals surface area (Å²) in [6.07, 6.45) is 1.21. The molecule has 16 aliphatic heterocycles. The summed E-state index contributed by atoms with van der Waals surface area (Å²) in [4.78, 5) is 26.9. The number of carbonyl (C=O) groups is 2. The molecule has 16 fully saturated rings. The number of aliphatic hydroxyl groups is 2. The molecule has 0 radical (unpaired) electrons. The van der Waals surface area contributed by atoms with Gasteiger partial charge in [0.05, 0.1) is 117 Å². The Kier molecular flexibility index (Phi) is 14.9. The Morgan fingerprint density at radius 1 is 0.557 bits per heavy atom. The van der Waals surface area contributed by atoms with Crippen LogP contribution in [0.15, 0.2) is 24.3 Å². The molecule has 440 valence electrons. The van der Waals surface area contributed by atoms with E-state index in [1.165, 1.54) is 0 Å². The number of ether oxygens (including phenoxy) is 15. The Morgan fingerprint density at radius 3 is 2.11 bits per heavy atom. The Hall–Kier alpha value is -2.02. The highest BCUT2D eigenvalue weighted by molar-refractivity contribution is 5.79. The number of hydrogen-bond donors (Lipinski definition) is 2. The number of Topliss-reactive ketones (excluding diaryl/α,β-unsaturated/α-hetero) is 1. The van der Waals surface area contributed by atoms with Gasteiger partial charge in [-0.2, -0.15) is 0 Å². The zero-order valence-electron chi connectivity index (χ0n) is 46.6. The molecule has 0 aromatic carbocycles. The van der Waals surface area contributed by atoms with Gasteiger partial charge in [0.25, 0.3) is 0 Å². The lowest BCUT2D eigenvalue weighted by Crippen LogP contribution is -2.62. The first-order valence-electron chi connectivity index (χ1n) is 30.6. The second kappa shape index (κ2) is 21.5. The molecule has 19 heteroatoms. The molecule has 0 aromatic heterocycles. The van der Waals surface area contributed by atoms with E-state index in [1.54, 1.807) is 0 Å². The number of fused-ring (bicyclic) bond motifs is 6. The molecule has 1 unspecified atom stereocenters. The molecule has 30 atom stereocenters.